The first kappa shape index (κ1) is 28.3. The summed E-state index contributed by atoms with van der Waals surface area (Å²) >= 11 is 12.2. The first-order valence-electron chi connectivity index (χ1n) is 11.1. The number of rotatable bonds is 9. The Hall–Kier alpha value is -2.90. The number of hydrogen-bond acceptors (Lipinski definition) is 5. The van der Waals surface area contributed by atoms with E-state index in [-0.39, 0.29) is 12.5 Å². The van der Waals surface area contributed by atoms with E-state index in [0.717, 1.165) is 5.56 Å². The van der Waals surface area contributed by atoms with Crippen molar-refractivity contribution < 1.29 is 23.9 Å². The lowest BCUT2D eigenvalue weighted by atomic mass is 10.0. The third-order valence-electron chi connectivity index (χ3n) is 5.56. The van der Waals surface area contributed by atoms with Crippen molar-refractivity contribution in [3.63, 3.8) is 0 Å². The monoisotopic (exact) mass is 520 g/mol. The Bertz CT molecular complexity index is 1140. The van der Waals surface area contributed by atoms with Crippen LogP contribution in [-0.4, -0.2) is 48.2 Å². The fourth-order valence-electron chi connectivity index (χ4n) is 3.08. The summed E-state index contributed by atoms with van der Waals surface area (Å²) in [7, 11) is 3.27. The van der Waals surface area contributed by atoms with Gasteiger partial charge < -0.3 is 14.5 Å². The maximum Gasteiger partial charge on any atom is 0.375 e. The first-order chi connectivity index (χ1) is 16.3. The number of halogens is 2. The Balaban J connectivity index is 2.42. The van der Waals surface area contributed by atoms with Crippen molar-refractivity contribution in [3.8, 4) is 0 Å². The number of carbonyl (C=O) groups is 4. The lowest BCUT2D eigenvalue weighted by molar-refractivity contribution is -0.164. The van der Waals surface area contributed by atoms with E-state index in [4.69, 9.17) is 27.9 Å². The molecular formula is C26H30Cl2N2O5. The summed E-state index contributed by atoms with van der Waals surface area (Å²) in [6, 6.07) is 9.92. The van der Waals surface area contributed by atoms with E-state index >= 15 is 0 Å². The molecule has 0 fully saturated rings. The van der Waals surface area contributed by atoms with E-state index in [1.807, 2.05) is 6.92 Å². The Morgan fingerprint density at radius 2 is 1.63 bits per heavy atom. The minimum Gasteiger partial charge on any atom is -0.454 e. The molecule has 0 heterocycles. The molecule has 2 aromatic rings. The Kier molecular flexibility index (Phi) is 9.46. The predicted molar refractivity (Wildman–Crippen MR) is 137 cm³/mol. The molecule has 0 radical (unpaired) electrons. The third-order valence-corrected chi connectivity index (χ3v) is 6.29. The fourth-order valence-corrected chi connectivity index (χ4v) is 3.40. The Labute approximate surface area is 215 Å². The number of ketones is 1. The highest BCUT2D eigenvalue weighted by atomic mass is 35.5. The molecule has 7 nitrogen and oxygen atoms in total. The van der Waals surface area contributed by atoms with Crippen LogP contribution >= 0.6 is 23.2 Å². The molecule has 188 valence electrons. The van der Waals surface area contributed by atoms with E-state index in [1.165, 1.54) is 9.80 Å². The molecule has 9 heteroatoms. The zero-order valence-corrected chi connectivity index (χ0v) is 22.3. The standard InChI is InChI=1S/C26H30Cl2N2O5/c1-7-26(3,4)35-25(34)22(31)14-23(32)30(15-17-9-11-20(27)21(28)12-17)18-10-8-16(2)19(13-18)24(33)29(5)6/h8-13H,7,14-15H2,1-6H3. The molecule has 0 bridgehead atoms. The fraction of sp³-hybridized carbons (Fsp3) is 0.385. The predicted octanol–water partition coefficient (Wildman–Crippen LogP) is 5.23. The number of ether oxygens (including phenoxy) is 1. The van der Waals surface area contributed by atoms with Gasteiger partial charge in [-0.2, -0.15) is 0 Å². The molecule has 2 amide bonds. The van der Waals surface area contributed by atoms with Crippen LogP contribution in [0, 0.1) is 6.92 Å². The summed E-state index contributed by atoms with van der Waals surface area (Å²) in [6.07, 6.45) is -0.180. The van der Waals surface area contributed by atoms with Crippen LogP contribution in [0.3, 0.4) is 0 Å². The summed E-state index contributed by atoms with van der Waals surface area (Å²) in [6.45, 7) is 7.03. The largest absolute Gasteiger partial charge is 0.454 e. The molecule has 0 unspecified atom stereocenters. The van der Waals surface area contributed by atoms with Gasteiger partial charge in [0.15, 0.2) is 0 Å². The van der Waals surface area contributed by atoms with Gasteiger partial charge >= 0.3 is 5.97 Å². The highest BCUT2D eigenvalue weighted by Gasteiger charge is 2.29. The van der Waals surface area contributed by atoms with Crippen LogP contribution in [0.15, 0.2) is 36.4 Å². The second-order valence-corrected chi connectivity index (χ2v) is 9.84. The van der Waals surface area contributed by atoms with Crippen LogP contribution in [0.2, 0.25) is 10.0 Å². The molecule has 2 rings (SSSR count). The summed E-state index contributed by atoms with van der Waals surface area (Å²) in [5, 5.41) is 0.671. The molecule has 0 saturated carbocycles. The average Bonchev–Trinajstić information content (AvgIpc) is 2.79. The third kappa shape index (κ3) is 7.54. The van der Waals surface area contributed by atoms with Gasteiger partial charge in [-0.3, -0.25) is 14.4 Å². The van der Waals surface area contributed by atoms with Crippen LogP contribution < -0.4 is 4.90 Å². The zero-order chi connectivity index (χ0) is 26.5. The Morgan fingerprint density at radius 1 is 0.971 bits per heavy atom. The highest BCUT2D eigenvalue weighted by Crippen LogP contribution is 2.27. The van der Waals surface area contributed by atoms with Crippen LogP contribution in [0.5, 0.6) is 0 Å². The van der Waals surface area contributed by atoms with Crippen molar-refractivity contribution in [2.45, 2.75) is 52.7 Å². The molecule has 0 aliphatic carbocycles. The van der Waals surface area contributed by atoms with Crippen LogP contribution in [0.25, 0.3) is 0 Å². The molecule has 35 heavy (non-hydrogen) atoms. The average molecular weight is 521 g/mol. The molecule has 0 aliphatic heterocycles. The van der Waals surface area contributed by atoms with Gasteiger partial charge in [-0.15, -0.1) is 0 Å². The number of anilines is 1. The molecular weight excluding hydrogens is 491 g/mol. The summed E-state index contributed by atoms with van der Waals surface area (Å²) < 4.78 is 5.23. The number of carbonyl (C=O) groups excluding carboxylic acids is 4. The number of Topliss-reactive ketones (excluding diaryl/α,β-unsaturated/α-hetero) is 1. The smallest absolute Gasteiger partial charge is 0.375 e. The van der Waals surface area contributed by atoms with E-state index in [1.54, 1.807) is 71.3 Å². The minimum atomic E-state index is -1.06. The summed E-state index contributed by atoms with van der Waals surface area (Å²) in [5.41, 5.74) is 1.36. The number of esters is 1. The number of hydrogen-bond donors (Lipinski definition) is 0. The molecule has 0 aromatic heterocycles. The van der Waals surface area contributed by atoms with Gasteiger partial charge in [0.1, 0.15) is 5.60 Å². The molecule has 0 spiro atoms. The topological polar surface area (TPSA) is 84.0 Å². The summed E-state index contributed by atoms with van der Waals surface area (Å²) in [4.78, 5) is 53.5. The van der Waals surface area contributed by atoms with Crippen LogP contribution in [0.4, 0.5) is 5.69 Å². The van der Waals surface area contributed by atoms with Crippen molar-refractivity contribution in [2.24, 2.45) is 0 Å². The Morgan fingerprint density at radius 3 is 2.20 bits per heavy atom. The first-order valence-corrected chi connectivity index (χ1v) is 11.8. The van der Waals surface area contributed by atoms with Gasteiger partial charge in [-0.05, 0) is 62.6 Å². The van der Waals surface area contributed by atoms with Gasteiger partial charge in [-0.1, -0.05) is 42.3 Å². The molecule has 0 saturated heterocycles. The SMILES string of the molecule is CCC(C)(C)OC(=O)C(=O)CC(=O)N(Cc1ccc(Cl)c(Cl)c1)c1ccc(C)c(C(=O)N(C)C)c1. The van der Waals surface area contributed by atoms with E-state index < -0.39 is 29.7 Å². The van der Waals surface area contributed by atoms with Crippen molar-refractivity contribution in [1.82, 2.24) is 4.90 Å². The second-order valence-electron chi connectivity index (χ2n) is 9.03. The van der Waals surface area contributed by atoms with Gasteiger partial charge in [0, 0.05) is 25.3 Å². The van der Waals surface area contributed by atoms with E-state index in [2.05, 4.69) is 0 Å². The van der Waals surface area contributed by atoms with Gasteiger partial charge in [0.25, 0.3) is 5.91 Å². The van der Waals surface area contributed by atoms with E-state index in [9.17, 15) is 19.2 Å². The normalized spacial score (nSPS) is 11.1. The summed E-state index contributed by atoms with van der Waals surface area (Å²) in [5.74, 6) is -2.87. The van der Waals surface area contributed by atoms with Crippen molar-refractivity contribution in [3.05, 3.63) is 63.1 Å². The maximum atomic E-state index is 13.3. The molecule has 2 aromatic carbocycles. The lowest BCUT2D eigenvalue weighted by Gasteiger charge is -2.25. The maximum absolute atomic E-state index is 13.3. The number of aryl methyl sites for hydroxylation is 1. The van der Waals surface area contributed by atoms with Crippen molar-refractivity contribution in [2.75, 3.05) is 19.0 Å². The lowest BCUT2D eigenvalue weighted by Crippen LogP contribution is -2.36. The van der Waals surface area contributed by atoms with Gasteiger partial charge in [0.05, 0.1) is 23.0 Å². The quantitative estimate of drug-likeness (QED) is 0.257. The van der Waals surface area contributed by atoms with Gasteiger partial charge in [0.2, 0.25) is 11.7 Å². The second kappa shape index (κ2) is 11.7. The van der Waals surface area contributed by atoms with E-state index in [0.29, 0.717) is 33.3 Å². The number of benzene rings is 2. The van der Waals surface area contributed by atoms with Crippen LogP contribution in [0.1, 0.15) is 55.1 Å². The number of nitrogens with zero attached hydrogens (tertiary/aromatic N) is 2. The van der Waals surface area contributed by atoms with Gasteiger partial charge in [-0.25, -0.2) is 4.79 Å². The van der Waals surface area contributed by atoms with Crippen molar-refractivity contribution in [1.29, 1.82) is 0 Å². The highest BCUT2D eigenvalue weighted by molar-refractivity contribution is 6.42. The van der Waals surface area contributed by atoms with Crippen molar-refractivity contribution >= 4 is 52.5 Å². The number of amides is 2. The minimum absolute atomic E-state index is 0.0388. The molecule has 0 aliphatic rings. The zero-order valence-electron chi connectivity index (χ0n) is 20.8. The van der Waals surface area contributed by atoms with Crippen LogP contribution in [-0.2, 0) is 25.7 Å². The molecule has 0 N–H and O–H groups in total. The molecule has 0 atom stereocenters.